The Morgan fingerprint density at radius 1 is 1.39 bits per heavy atom. The van der Waals surface area contributed by atoms with Crippen LogP contribution < -0.4 is 10.1 Å². The zero-order valence-electron chi connectivity index (χ0n) is 12.8. The van der Waals surface area contributed by atoms with E-state index < -0.39 is 10.0 Å². The van der Waals surface area contributed by atoms with Gasteiger partial charge in [0, 0.05) is 18.7 Å². The van der Waals surface area contributed by atoms with Crippen LogP contribution in [0, 0.1) is 0 Å². The average molecular weight is 359 g/mol. The number of piperidine rings is 1. The summed E-state index contributed by atoms with van der Waals surface area (Å²) < 4.78 is 32.9. The van der Waals surface area contributed by atoms with Crippen molar-refractivity contribution in [1.29, 1.82) is 0 Å². The van der Waals surface area contributed by atoms with Crippen molar-refractivity contribution < 1.29 is 17.9 Å². The molecule has 0 bridgehead atoms. The van der Waals surface area contributed by atoms with E-state index in [4.69, 9.17) is 16.3 Å². The number of amides is 1. The van der Waals surface area contributed by atoms with Gasteiger partial charge >= 0.3 is 0 Å². The third-order valence-electron chi connectivity index (χ3n) is 4.30. The Kier molecular flexibility index (Phi) is 4.53. The third-order valence-corrected chi connectivity index (χ3v) is 6.71. The molecule has 1 aromatic carbocycles. The number of fused-ring (bicyclic) bond motifs is 1. The molecule has 1 saturated heterocycles. The normalized spacial score (nSPS) is 22.2. The maximum Gasteiger partial charge on any atom is 0.262 e. The van der Waals surface area contributed by atoms with Gasteiger partial charge in [0.2, 0.25) is 10.0 Å². The molecule has 2 heterocycles. The van der Waals surface area contributed by atoms with Crippen LogP contribution >= 0.6 is 11.6 Å². The number of sulfonamides is 1. The van der Waals surface area contributed by atoms with E-state index in [2.05, 4.69) is 5.32 Å². The Morgan fingerprint density at radius 2 is 2.17 bits per heavy atom. The summed E-state index contributed by atoms with van der Waals surface area (Å²) in [5.74, 6) is 0.0453. The van der Waals surface area contributed by atoms with Gasteiger partial charge < -0.3 is 10.1 Å². The highest BCUT2D eigenvalue weighted by atomic mass is 35.5. The molecule has 1 N–H and O–H groups in total. The molecule has 0 aromatic heterocycles. The number of anilines is 1. The fourth-order valence-corrected chi connectivity index (χ4v) is 5.39. The summed E-state index contributed by atoms with van der Waals surface area (Å²) in [6.45, 7) is 2.37. The van der Waals surface area contributed by atoms with Gasteiger partial charge in [-0.1, -0.05) is 24.9 Å². The standard InChI is InChI=1S/C15H19ClN2O4S/c1-2-10-5-3-4-6-18(10)23(20,21)14-8-13-12(7-11(14)16)17-15(19)9-22-13/h7-8,10H,2-6,9H2,1H3,(H,17,19). The quantitative estimate of drug-likeness (QED) is 0.901. The molecule has 1 unspecified atom stereocenters. The Hall–Kier alpha value is -1.31. The van der Waals surface area contributed by atoms with Gasteiger partial charge in [-0.3, -0.25) is 4.79 Å². The molecule has 1 aromatic rings. The van der Waals surface area contributed by atoms with Gasteiger partial charge in [0.15, 0.2) is 6.61 Å². The van der Waals surface area contributed by atoms with Crippen LogP contribution in [0.15, 0.2) is 17.0 Å². The van der Waals surface area contributed by atoms with Gasteiger partial charge in [-0.05, 0) is 25.3 Å². The number of carbonyl (C=O) groups excluding carboxylic acids is 1. The lowest BCUT2D eigenvalue weighted by Crippen LogP contribution is -2.43. The van der Waals surface area contributed by atoms with Crippen molar-refractivity contribution in [2.45, 2.75) is 43.5 Å². The maximum absolute atomic E-state index is 13.0. The molecule has 0 radical (unpaired) electrons. The first kappa shape index (κ1) is 16.5. The zero-order chi connectivity index (χ0) is 16.6. The van der Waals surface area contributed by atoms with Gasteiger partial charge in [0.1, 0.15) is 10.6 Å². The highest BCUT2D eigenvalue weighted by molar-refractivity contribution is 7.89. The Bertz CT molecular complexity index is 735. The molecular formula is C15H19ClN2O4S. The summed E-state index contributed by atoms with van der Waals surface area (Å²) >= 11 is 6.19. The summed E-state index contributed by atoms with van der Waals surface area (Å²) in [4.78, 5) is 11.4. The largest absolute Gasteiger partial charge is 0.482 e. The van der Waals surface area contributed by atoms with Crippen LogP contribution in [-0.2, 0) is 14.8 Å². The van der Waals surface area contributed by atoms with Crippen LogP contribution in [0.25, 0.3) is 0 Å². The molecule has 2 aliphatic rings. The fourth-order valence-electron chi connectivity index (χ4n) is 3.10. The van der Waals surface area contributed by atoms with Crippen molar-refractivity contribution in [3.63, 3.8) is 0 Å². The Morgan fingerprint density at radius 3 is 2.91 bits per heavy atom. The number of carbonyl (C=O) groups is 1. The number of hydrogen-bond acceptors (Lipinski definition) is 4. The summed E-state index contributed by atoms with van der Waals surface area (Å²) in [6, 6.07) is 2.85. The van der Waals surface area contributed by atoms with Gasteiger partial charge in [-0.2, -0.15) is 4.31 Å². The van der Waals surface area contributed by atoms with Crippen LogP contribution in [0.3, 0.4) is 0 Å². The first-order valence-electron chi connectivity index (χ1n) is 7.71. The maximum atomic E-state index is 13.0. The molecule has 126 valence electrons. The SMILES string of the molecule is CCC1CCCCN1S(=O)(=O)c1cc2c(cc1Cl)NC(=O)CO2. The van der Waals surface area contributed by atoms with Crippen molar-refractivity contribution >= 4 is 33.2 Å². The van der Waals surface area contributed by atoms with Crippen molar-refractivity contribution in [3.05, 3.63) is 17.2 Å². The van der Waals surface area contributed by atoms with Crippen LogP contribution in [0.2, 0.25) is 5.02 Å². The summed E-state index contributed by atoms with van der Waals surface area (Å²) in [5, 5.41) is 2.71. The molecule has 2 aliphatic heterocycles. The highest BCUT2D eigenvalue weighted by Crippen LogP contribution is 2.38. The first-order valence-corrected chi connectivity index (χ1v) is 9.53. The molecule has 0 saturated carbocycles. The van der Waals surface area contributed by atoms with Crippen LogP contribution in [0.5, 0.6) is 5.75 Å². The van der Waals surface area contributed by atoms with E-state index in [-0.39, 0.29) is 28.5 Å². The van der Waals surface area contributed by atoms with Gasteiger partial charge in [0.25, 0.3) is 5.91 Å². The van der Waals surface area contributed by atoms with E-state index in [0.29, 0.717) is 18.0 Å². The monoisotopic (exact) mass is 358 g/mol. The number of rotatable bonds is 3. The smallest absolute Gasteiger partial charge is 0.262 e. The van der Waals surface area contributed by atoms with Crippen LogP contribution in [0.1, 0.15) is 32.6 Å². The van der Waals surface area contributed by atoms with E-state index in [9.17, 15) is 13.2 Å². The predicted octanol–water partition coefficient (Wildman–Crippen LogP) is 2.62. The zero-order valence-corrected chi connectivity index (χ0v) is 14.4. The van der Waals surface area contributed by atoms with E-state index in [1.54, 1.807) is 4.31 Å². The van der Waals surface area contributed by atoms with Gasteiger partial charge in [-0.15, -0.1) is 0 Å². The lowest BCUT2D eigenvalue weighted by molar-refractivity contribution is -0.118. The molecular weight excluding hydrogens is 340 g/mol. The average Bonchev–Trinajstić information content (AvgIpc) is 2.53. The second-order valence-electron chi connectivity index (χ2n) is 5.79. The van der Waals surface area contributed by atoms with E-state index in [1.165, 1.54) is 12.1 Å². The van der Waals surface area contributed by atoms with Gasteiger partial charge in [-0.25, -0.2) is 8.42 Å². The summed E-state index contributed by atoms with van der Waals surface area (Å²) in [6.07, 6.45) is 3.53. The number of ether oxygens (including phenoxy) is 1. The molecule has 3 rings (SSSR count). The number of halogens is 1. The second kappa shape index (κ2) is 6.30. The van der Waals surface area contributed by atoms with E-state index in [0.717, 1.165) is 25.7 Å². The van der Waals surface area contributed by atoms with E-state index in [1.807, 2.05) is 6.92 Å². The molecule has 23 heavy (non-hydrogen) atoms. The highest BCUT2D eigenvalue weighted by Gasteiger charge is 2.35. The minimum atomic E-state index is -3.69. The minimum Gasteiger partial charge on any atom is -0.482 e. The van der Waals surface area contributed by atoms with Gasteiger partial charge in [0.05, 0.1) is 10.7 Å². The molecule has 0 spiro atoms. The third kappa shape index (κ3) is 3.05. The molecule has 6 nitrogen and oxygen atoms in total. The molecule has 8 heteroatoms. The minimum absolute atomic E-state index is 0.00136. The number of hydrogen-bond donors (Lipinski definition) is 1. The summed E-state index contributed by atoms with van der Waals surface area (Å²) in [7, 11) is -3.69. The topological polar surface area (TPSA) is 75.7 Å². The van der Waals surface area contributed by atoms with Crippen molar-refractivity contribution in [2.75, 3.05) is 18.5 Å². The predicted molar refractivity (Wildman–Crippen MR) is 87.4 cm³/mol. The van der Waals surface area contributed by atoms with Crippen LogP contribution in [-0.4, -0.2) is 37.8 Å². The Balaban J connectivity index is 2.01. The van der Waals surface area contributed by atoms with Crippen molar-refractivity contribution in [2.24, 2.45) is 0 Å². The molecule has 1 fully saturated rings. The molecule has 1 amide bonds. The van der Waals surface area contributed by atoms with Crippen LogP contribution in [0.4, 0.5) is 5.69 Å². The Labute approximate surface area is 140 Å². The summed E-state index contributed by atoms with van der Waals surface area (Å²) in [5.41, 5.74) is 0.399. The molecule has 1 atom stereocenters. The van der Waals surface area contributed by atoms with E-state index >= 15 is 0 Å². The van der Waals surface area contributed by atoms with Crippen molar-refractivity contribution in [1.82, 2.24) is 4.31 Å². The van der Waals surface area contributed by atoms with Crippen molar-refractivity contribution in [3.8, 4) is 5.75 Å². The number of nitrogens with zero attached hydrogens (tertiary/aromatic N) is 1. The number of benzene rings is 1. The number of nitrogens with one attached hydrogen (secondary N) is 1. The first-order chi connectivity index (χ1) is 10.9. The molecule has 0 aliphatic carbocycles. The lowest BCUT2D eigenvalue weighted by Gasteiger charge is -2.34. The fraction of sp³-hybridized carbons (Fsp3) is 0.533. The second-order valence-corrected chi connectivity index (χ2v) is 8.06. The lowest BCUT2D eigenvalue weighted by atomic mass is 10.0.